The van der Waals surface area contributed by atoms with E-state index in [2.05, 4.69) is 30.4 Å². The molecule has 0 aliphatic heterocycles. The Bertz CT molecular complexity index is 291. The summed E-state index contributed by atoms with van der Waals surface area (Å²) in [5, 5.41) is 0. The SMILES string of the molecule is C=C(C)C(=O)OC.CC12C=CC(CC1)C2. The zero-order chi connectivity index (χ0) is 11.5. The van der Waals surface area contributed by atoms with E-state index in [1.54, 1.807) is 6.92 Å². The number of hydrogen-bond donors (Lipinski definition) is 0. The van der Waals surface area contributed by atoms with Crippen LogP contribution in [0.15, 0.2) is 24.3 Å². The molecule has 15 heavy (non-hydrogen) atoms. The Kier molecular flexibility index (Phi) is 3.72. The zero-order valence-corrected chi connectivity index (χ0v) is 9.88. The van der Waals surface area contributed by atoms with Gasteiger partial charge in [-0.15, -0.1) is 0 Å². The second kappa shape index (κ2) is 4.65. The molecule has 0 heterocycles. The molecule has 0 aromatic rings. The van der Waals surface area contributed by atoms with Gasteiger partial charge in [-0.1, -0.05) is 25.7 Å². The van der Waals surface area contributed by atoms with Gasteiger partial charge in [0.05, 0.1) is 7.11 Å². The van der Waals surface area contributed by atoms with Crippen LogP contribution < -0.4 is 0 Å². The highest BCUT2D eigenvalue weighted by molar-refractivity contribution is 5.86. The Morgan fingerprint density at radius 1 is 1.60 bits per heavy atom. The van der Waals surface area contributed by atoms with Crippen molar-refractivity contribution in [1.82, 2.24) is 0 Å². The third-order valence-electron chi connectivity index (χ3n) is 3.12. The van der Waals surface area contributed by atoms with Crippen molar-refractivity contribution >= 4 is 5.97 Å². The first kappa shape index (κ1) is 12.0. The second-order valence-corrected chi connectivity index (χ2v) is 4.79. The van der Waals surface area contributed by atoms with Crippen LogP contribution in [0.3, 0.4) is 0 Å². The molecule has 2 nitrogen and oxygen atoms in total. The minimum atomic E-state index is -0.347. The number of esters is 1. The van der Waals surface area contributed by atoms with Crippen LogP contribution in [-0.4, -0.2) is 13.1 Å². The number of carbonyl (C=O) groups is 1. The number of rotatable bonds is 1. The Morgan fingerprint density at radius 3 is 2.33 bits per heavy atom. The highest BCUT2D eigenvalue weighted by Crippen LogP contribution is 2.48. The fourth-order valence-electron chi connectivity index (χ4n) is 2.18. The lowest BCUT2D eigenvalue weighted by atomic mass is 9.91. The van der Waals surface area contributed by atoms with E-state index < -0.39 is 0 Å². The summed E-state index contributed by atoms with van der Waals surface area (Å²) < 4.78 is 4.27. The lowest BCUT2D eigenvalue weighted by molar-refractivity contribution is -0.136. The number of allylic oxidation sites excluding steroid dienone is 2. The average Bonchev–Trinajstić information content (AvgIpc) is 2.75. The molecule has 0 aromatic heterocycles. The van der Waals surface area contributed by atoms with E-state index in [1.807, 2.05) is 0 Å². The van der Waals surface area contributed by atoms with Gasteiger partial charge >= 0.3 is 5.97 Å². The van der Waals surface area contributed by atoms with Crippen molar-refractivity contribution in [2.75, 3.05) is 7.11 Å². The number of hydrogen-bond acceptors (Lipinski definition) is 2. The third-order valence-corrected chi connectivity index (χ3v) is 3.12. The fourth-order valence-corrected chi connectivity index (χ4v) is 2.18. The molecular weight excluding hydrogens is 188 g/mol. The van der Waals surface area contributed by atoms with Crippen LogP contribution in [0.1, 0.15) is 33.1 Å². The van der Waals surface area contributed by atoms with Gasteiger partial charge in [0, 0.05) is 5.57 Å². The summed E-state index contributed by atoms with van der Waals surface area (Å²) in [6.07, 6.45) is 9.12. The predicted molar refractivity (Wildman–Crippen MR) is 61.4 cm³/mol. The minimum absolute atomic E-state index is 0.347. The molecule has 0 N–H and O–H groups in total. The molecule has 0 aromatic carbocycles. The van der Waals surface area contributed by atoms with E-state index in [9.17, 15) is 4.79 Å². The Morgan fingerprint density at radius 2 is 2.27 bits per heavy atom. The molecule has 0 saturated heterocycles. The van der Waals surface area contributed by atoms with Crippen LogP contribution in [-0.2, 0) is 9.53 Å². The molecule has 0 amide bonds. The number of ether oxygens (including phenoxy) is 1. The van der Waals surface area contributed by atoms with Crippen molar-refractivity contribution in [3.63, 3.8) is 0 Å². The lowest BCUT2D eigenvalue weighted by Crippen LogP contribution is -2.02. The van der Waals surface area contributed by atoms with E-state index in [0.717, 1.165) is 5.92 Å². The molecule has 2 aliphatic rings. The number of methoxy groups -OCH3 is 1. The van der Waals surface area contributed by atoms with Gasteiger partial charge in [-0.3, -0.25) is 0 Å². The summed E-state index contributed by atoms with van der Waals surface area (Å²) in [6.45, 7) is 7.33. The van der Waals surface area contributed by atoms with Gasteiger partial charge in [0.25, 0.3) is 0 Å². The monoisotopic (exact) mass is 208 g/mol. The largest absolute Gasteiger partial charge is 0.466 e. The molecule has 1 fully saturated rings. The molecular formula is C13H20O2. The first-order valence-corrected chi connectivity index (χ1v) is 5.40. The maximum absolute atomic E-state index is 10.2. The molecule has 2 bridgehead atoms. The summed E-state index contributed by atoms with van der Waals surface area (Å²) in [5.74, 6) is 0.611. The topological polar surface area (TPSA) is 26.3 Å². The number of fused-ring (bicyclic) bond motifs is 2. The maximum Gasteiger partial charge on any atom is 0.332 e. The van der Waals surface area contributed by atoms with Gasteiger partial charge < -0.3 is 4.74 Å². The highest BCUT2D eigenvalue weighted by Gasteiger charge is 2.36. The van der Waals surface area contributed by atoms with Gasteiger partial charge in [0.1, 0.15) is 0 Å². The Hall–Kier alpha value is -1.05. The summed E-state index contributed by atoms with van der Waals surface area (Å²) in [7, 11) is 1.33. The van der Waals surface area contributed by atoms with E-state index in [1.165, 1.54) is 26.4 Å². The van der Waals surface area contributed by atoms with E-state index in [0.29, 0.717) is 11.0 Å². The van der Waals surface area contributed by atoms with Crippen molar-refractivity contribution in [1.29, 1.82) is 0 Å². The van der Waals surface area contributed by atoms with Gasteiger partial charge in [0.15, 0.2) is 0 Å². The van der Waals surface area contributed by atoms with E-state index >= 15 is 0 Å². The smallest absolute Gasteiger partial charge is 0.332 e. The summed E-state index contributed by atoms with van der Waals surface area (Å²) in [6, 6.07) is 0. The molecule has 84 valence electrons. The first-order chi connectivity index (χ1) is 6.97. The third kappa shape index (κ3) is 3.22. The van der Waals surface area contributed by atoms with Crippen molar-refractivity contribution in [3.05, 3.63) is 24.3 Å². The van der Waals surface area contributed by atoms with Crippen molar-refractivity contribution in [2.45, 2.75) is 33.1 Å². The van der Waals surface area contributed by atoms with Gasteiger partial charge in [-0.25, -0.2) is 4.79 Å². The quantitative estimate of drug-likeness (QED) is 0.376. The van der Waals surface area contributed by atoms with Gasteiger partial charge in [-0.2, -0.15) is 0 Å². The summed E-state index contributed by atoms with van der Waals surface area (Å²) in [4.78, 5) is 10.2. The molecule has 2 rings (SSSR count). The van der Waals surface area contributed by atoms with E-state index in [-0.39, 0.29) is 5.97 Å². The van der Waals surface area contributed by atoms with Crippen molar-refractivity contribution in [2.24, 2.45) is 11.3 Å². The second-order valence-electron chi connectivity index (χ2n) is 4.79. The molecule has 2 aliphatic carbocycles. The standard InChI is InChI=1S/C8H12.C5H8O2/c1-8-4-2-7(6-8)3-5-8;1-4(2)5(6)7-3/h2,4,7H,3,5-6H2,1H3;1H2,2-3H3. The Balaban J connectivity index is 0.000000153. The van der Waals surface area contributed by atoms with Crippen LogP contribution in [0.2, 0.25) is 0 Å². The van der Waals surface area contributed by atoms with Crippen LogP contribution in [0.25, 0.3) is 0 Å². The zero-order valence-electron chi connectivity index (χ0n) is 9.88. The molecule has 2 heteroatoms. The Labute approximate surface area is 92.0 Å². The van der Waals surface area contributed by atoms with Crippen LogP contribution in [0, 0.1) is 11.3 Å². The predicted octanol–water partition coefficient (Wildman–Crippen LogP) is 3.10. The number of carbonyl (C=O) groups excluding carboxylic acids is 1. The van der Waals surface area contributed by atoms with Crippen LogP contribution >= 0.6 is 0 Å². The lowest BCUT2D eigenvalue weighted by Gasteiger charge is -2.14. The van der Waals surface area contributed by atoms with Crippen molar-refractivity contribution < 1.29 is 9.53 Å². The van der Waals surface area contributed by atoms with Gasteiger partial charge in [0.2, 0.25) is 0 Å². The average molecular weight is 208 g/mol. The molecule has 0 radical (unpaired) electrons. The summed E-state index contributed by atoms with van der Waals surface area (Å²) >= 11 is 0. The highest BCUT2D eigenvalue weighted by atomic mass is 16.5. The summed E-state index contributed by atoms with van der Waals surface area (Å²) in [5.41, 5.74) is 1.06. The maximum atomic E-state index is 10.2. The minimum Gasteiger partial charge on any atom is -0.466 e. The van der Waals surface area contributed by atoms with Crippen LogP contribution in [0.5, 0.6) is 0 Å². The van der Waals surface area contributed by atoms with E-state index in [4.69, 9.17) is 0 Å². The molecule has 2 atom stereocenters. The molecule has 2 unspecified atom stereocenters. The normalized spacial score (nSPS) is 30.7. The fraction of sp³-hybridized carbons (Fsp3) is 0.615. The first-order valence-electron chi connectivity index (χ1n) is 5.40. The van der Waals surface area contributed by atoms with Gasteiger partial charge in [-0.05, 0) is 37.5 Å². The van der Waals surface area contributed by atoms with Crippen molar-refractivity contribution in [3.8, 4) is 0 Å². The van der Waals surface area contributed by atoms with Crippen LogP contribution in [0.4, 0.5) is 0 Å². The molecule has 1 saturated carbocycles. The molecule has 0 spiro atoms.